The Morgan fingerprint density at radius 3 is 3.22 bits per heavy atom. The zero-order chi connectivity index (χ0) is 6.69. The van der Waals surface area contributed by atoms with Gasteiger partial charge in [0.15, 0.2) is 0 Å². The molecule has 0 spiro atoms. The molecule has 2 nitrogen and oxygen atoms in total. The molecule has 48 valence electrons. The molecule has 0 fully saturated rings. The summed E-state index contributed by atoms with van der Waals surface area (Å²) in [5.74, 6) is 0.598. The summed E-state index contributed by atoms with van der Waals surface area (Å²) in [5, 5.41) is 0. The standard InChI is InChI=1S/C7H10N2/c1-6-4-2-3-5-7(8)9-6/h3-5H,2H2,1H3,(H2,8,9). The number of hydrogen-bond acceptors (Lipinski definition) is 2. The molecule has 0 aromatic heterocycles. The second-order valence-corrected chi connectivity index (χ2v) is 2.02. The summed E-state index contributed by atoms with van der Waals surface area (Å²) in [6.45, 7) is 1.94. The van der Waals surface area contributed by atoms with Crippen LogP contribution in [0, 0.1) is 0 Å². The Balaban J connectivity index is 2.82. The molecule has 9 heavy (non-hydrogen) atoms. The van der Waals surface area contributed by atoms with Crippen molar-refractivity contribution >= 4 is 5.84 Å². The normalized spacial score (nSPS) is 18.3. The van der Waals surface area contributed by atoms with Gasteiger partial charge in [0.25, 0.3) is 0 Å². The molecule has 1 aliphatic rings. The maximum atomic E-state index is 5.45. The Hall–Kier alpha value is -1.05. The maximum Gasteiger partial charge on any atom is 0.123 e. The van der Waals surface area contributed by atoms with Crippen LogP contribution in [0.2, 0.25) is 0 Å². The van der Waals surface area contributed by atoms with Crippen LogP contribution < -0.4 is 5.73 Å². The molecule has 1 heterocycles. The van der Waals surface area contributed by atoms with Gasteiger partial charge in [-0.05, 0) is 19.4 Å². The molecule has 0 radical (unpaired) electrons. The number of hydrogen-bond donors (Lipinski definition) is 1. The van der Waals surface area contributed by atoms with Gasteiger partial charge in [-0.15, -0.1) is 0 Å². The SMILES string of the molecule is CC1=CCC=CC(N)=N1. The second-order valence-electron chi connectivity index (χ2n) is 2.02. The van der Waals surface area contributed by atoms with Gasteiger partial charge >= 0.3 is 0 Å². The van der Waals surface area contributed by atoms with Crippen molar-refractivity contribution < 1.29 is 0 Å². The topological polar surface area (TPSA) is 38.4 Å². The Morgan fingerprint density at radius 1 is 1.67 bits per heavy atom. The Morgan fingerprint density at radius 2 is 2.44 bits per heavy atom. The molecule has 1 rings (SSSR count). The lowest BCUT2D eigenvalue weighted by atomic mass is 10.3. The largest absolute Gasteiger partial charge is 0.384 e. The Labute approximate surface area is 54.8 Å². The highest BCUT2D eigenvalue weighted by atomic mass is 14.8. The van der Waals surface area contributed by atoms with Crippen molar-refractivity contribution in [2.45, 2.75) is 13.3 Å². The first kappa shape index (κ1) is 6.08. The van der Waals surface area contributed by atoms with Gasteiger partial charge in [-0.1, -0.05) is 12.2 Å². The monoisotopic (exact) mass is 122 g/mol. The molecular formula is C7H10N2. The average Bonchev–Trinajstić information content (AvgIpc) is 1.93. The van der Waals surface area contributed by atoms with Crippen LogP contribution in [-0.4, -0.2) is 5.84 Å². The Kier molecular flexibility index (Phi) is 1.68. The van der Waals surface area contributed by atoms with E-state index >= 15 is 0 Å². The van der Waals surface area contributed by atoms with Crippen molar-refractivity contribution in [1.82, 2.24) is 0 Å². The third-order valence-electron chi connectivity index (χ3n) is 1.14. The van der Waals surface area contributed by atoms with E-state index in [0.717, 1.165) is 12.1 Å². The van der Waals surface area contributed by atoms with E-state index in [1.54, 1.807) is 0 Å². The van der Waals surface area contributed by atoms with E-state index in [4.69, 9.17) is 5.73 Å². The molecule has 1 aliphatic heterocycles. The molecular weight excluding hydrogens is 112 g/mol. The molecule has 0 amide bonds. The molecule has 0 saturated heterocycles. The number of rotatable bonds is 0. The number of amidine groups is 1. The van der Waals surface area contributed by atoms with E-state index in [0.29, 0.717) is 5.84 Å². The van der Waals surface area contributed by atoms with Gasteiger partial charge < -0.3 is 5.73 Å². The van der Waals surface area contributed by atoms with E-state index in [1.807, 2.05) is 25.2 Å². The lowest BCUT2D eigenvalue weighted by molar-refractivity contribution is 1.25. The van der Waals surface area contributed by atoms with E-state index in [-0.39, 0.29) is 0 Å². The van der Waals surface area contributed by atoms with Crippen LogP contribution in [0.3, 0.4) is 0 Å². The van der Waals surface area contributed by atoms with Gasteiger partial charge in [-0.2, -0.15) is 0 Å². The van der Waals surface area contributed by atoms with E-state index in [1.165, 1.54) is 0 Å². The quantitative estimate of drug-likeness (QED) is 0.515. The predicted molar refractivity (Wildman–Crippen MR) is 39.1 cm³/mol. The fraction of sp³-hybridized carbons (Fsp3) is 0.286. The van der Waals surface area contributed by atoms with Crippen LogP contribution in [-0.2, 0) is 0 Å². The van der Waals surface area contributed by atoms with Crippen molar-refractivity contribution in [2.75, 3.05) is 0 Å². The number of allylic oxidation sites excluding steroid dienone is 3. The maximum absolute atomic E-state index is 5.45. The van der Waals surface area contributed by atoms with Crippen LogP contribution >= 0.6 is 0 Å². The first-order chi connectivity index (χ1) is 4.29. The van der Waals surface area contributed by atoms with E-state index in [2.05, 4.69) is 4.99 Å². The molecule has 0 atom stereocenters. The first-order valence-corrected chi connectivity index (χ1v) is 2.96. The van der Waals surface area contributed by atoms with Crippen molar-refractivity contribution in [1.29, 1.82) is 0 Å². The van der Waals surface area contributed by atoms with Crippen molar-refractivity contribution in [3.8, 4) is 0 Å². The Bertz CT molecular complexity index is 187. The van der Waals surface area contributed by atoms with Crippen LogP contribution in [0.4, 0.5) is 0 Å². The molecule has 0 bridgehead atoms. The number of nitrogens with zero attached hydrogens (tertiary/aromatic N) is 1. The molecule has 0 aliphatic carbocycles. The van der Waals surface area contributed by atoms with Gasteiger partial charge in [0.05, 0.1) is 0 Å². The average molecular weight is 122 g/mol. The highest BCUT2D eigenvalue weighted by molar-refractivity contribution is 5.92. The molecule has 0 aromatic carbocycles. The van der Waals surface area contributed by atoms with Gasteiger partial charge in [-0.3, -0.25) is 0 Å². The number of nitrogens with two attached hydrogens (primary N) is 1. The minimum absolute atomic E-state index is 0.598. The highest BCUT2D eigenvalue weighted by Gasteiger charge is 1.89. The summed E-state index contributed by atoms with van der Waals surface area (Å²) >= 11 is 0. The summed E-state index contributed by atoms with van der Waals surface area (Å²) in [7, 11) is 0. The molecule has 0 unspecified atom stereocenters. The summed E-state index contributed by atoms with van der Waals surface area (Å²) in [6.07, 6.45) is 6.80. The fourth-order valence-corrected chi connectivity index (χ4v) is 0.714. The van der Waals surface area contributed by atoms with E-state index in [9.17, 15) is 0 Å². The second kappa shape index (κ2) is 2.49. The third kappa shape index (κ3) is 1.72. The fourth-order valence-electron chi connectivity index (χ4n) is 0.714. The van der Waals surface area contributed by atoms with Gasteiger partial charge in [0.2, 0.25) is 0 Å². The zero-order valence-corrected chi connectivity index (χ0v) is 5.46. The van der Waals surface area contributed by atoms with Crippen molar-refractivity contribution in [3.05, 3.63) is 23.9 Å². The van der Waals surface area contributed by atoms with Crippen molar-refractivity contribution in [3.63, 3.8) is 0 Å². The van der Waals surface area contributed by atoms with Crippen LogP contribution in [0.1, 0.15) is 13.3 Å². The predicted octanol–water partition coefficient (Wildman–Crippen LogP) is 1.21. The zero-order valence-electron chi connectivity index (χ0n) is 5.46. The molecule has 0 aromatic rings. The smallest absolute Gasteiger partial charge is 0.123 e. The number of aliphatic imine (C=N–C) groups is 1. The summed E-state index contributed by atoms with van der Waals surface area (Å²) in [6, 6.07) is 0. The van der Waals surface area contributed by atoms with Gasteiger partial charge in [0, 0.05) is 5.70 Å². The summed E-state index contributed by atoms with van der Waals surface area (Å²) < 4.78 is 0. The van der Waals surface area contributed by atoms with Gasteiger partial charge in [-0.25, -0.2) is 4.99 Å². The minimum Gasteiger partial charge on any atom is -0.384 e. The van der Waals surface area contributed by atoms with Gasteiger partial charge in [0.1, 0.15) is 5.84 Å². The molecule has 0 saturated carbocycles. The first-order valence-electron chi connectivity index (χ1n) is 2.96. The van der Waals surface area contributed by atoms with Crippen molar-refractivity contribution in [2.24, 2.45) is 10.7 Å². The lowest BCUT2D eigenvalue weighted by Gasteiger charge is -1.88. The highest BCUT2D eigenvalue weighted by Crippen LogP contribution is 2.01. The minimum atomic E-state index is 0.598. The molecule has 2 N–H and O–H groups in total. The summed E-state index contributed by atoms with van der Waals surface area (Å²) in [4.78, 5) is 4.05. The van der Waals surface area contributed by atoms with Crippen LogP contribution in [0.25, 0.3) is 0 Å². The van der Waals surface area contributed by atoms with Crippen LogP contribution in [0.5, 0.6) is 0 Å². The lowest BCUT2D eigenvalue weighted by Crippen LogP contribution is -2.06. The summed E-state index contributed by atoms with van der Waals surface area (Å²) in [5.41, 5.74) is 6.45. The van der Waals surface area contributed by atoms with E-state index < -0.39 is 0 Å². The molecule has 2 heteroatoms. The van der Waals surface area contributed by atoms with Crippen LogP contribution in [0.15, 0.2) is 28.9 Å². The third-order valence-corrected chi connectivity index (χ3v) is 1.14.